The Hall–Kier alpha value is -1.86. The molecule has 13 heteroatoms. The normalized spacial score (nSPS) is 17.2. The van der Waals surface area contributed by atoms with Crippen LogP contribution in [0, 0.1) is 0 Å². The first-order chi connectivity index (χ1) is 15.3. The predicted molar refractivity (Wildman–Crippen MR) is 109 cm³/mol. The fourth-order valence-corrected chi connectivity index (χ4v) is 6.26. The van der Waals surface area contributed by atoms with Crippen molar-refractivity contribution in [1.82, 2.24) is 14.8 Å². The molecule has 1 fully saturated rings. The van der Waals surface area contributed by atoms with Crippen LogP contribution in [-0.4, -0.2) is 58.8 Å². The van der Waals surface area contributed by atoms with Crippen LogP contribution in [0.25, 0.3) is 0 Å². The second-order valence-electron chi connectivity index (χ2n) is 8.11. The number of nitrogens with zero attached hydrogens (tertiary/aromatic N) is 2. The molecule has 1 aliphatic rings. The molecule has 2 N–H and O–H groups in total. The van der Waals surface area contributed by atoms with Gasteiger partial charge < -0.3 is 0 Å². The van der Waals surface area contributed by atoms with Crippen LogP contribution in [0.3, 0.4) is 0 Å². The monoisotopic (exact) mass is 501 g/mol. The molecule has 2 rings (SSSR count). The van der Waals surface area contributed by atoms with E-state index >= 15 is 0 Å². The fourth-order valence-electron chi connectivity index (χ4n) is 4.06. The number of hydroxylamine groups is 1. The maximum absolute atomic E-state index is 13.2. The van der Waals surface area contributed by atoms with E-state index in [9.17, 15) is 35.2 Å². The van der Waals surface area contributed by atoms with Gasteiger partial charge in [-0.1, -0.05) is 19.9 Å². The van der Waals surface area contributed by atoms with Crippen LogP contribution in [0.2, 0.25) is 0 Å². The first kappa shape index (κ1) is 27.4. The molecule has 0 atom stereocenters. The first-order valence-electron chi connectivity index (χ1n) is 10.6. The van der Waals surface area contributed by atoms with E-state index in [-0.39, 0.29) is 37.4 Å². The number of hydrogen-bond acceptors (Lipinski definition) is 5. The number of hydrogen-bond donors (Lipinski definition) is 2. The minimum Gasteiger partial charge on any atom is -0.289 e. The van der Waals surface area contributed by atoms with Crippen molar-refractivity contribution in [2.45, 2.75) is 75.1 Å². The molecule has 0 unspecified atom stereocenters. The highest BCUT2D eigenvalue weighted by molar-refractivity contribution is 7.91. The highest BCUT2D eigenvalue weighted by atomic mass is 32.2. The van der Waals surface area contributed by atoms with Gasteiger partial charge in [-0.15, -0.1) is 0 Å². The topological polar surface area (TPSA) is 99.6 Å². The Balaban J connectivity index is 2.04. The Bertz CT molecular complexity index is 911. The van der Waals surface area contributed by atoms with Crippen molar-refractivity contribution in [3.05, 3.63) is 29.6 Å². The molecule has 1 aliphatic heterocycles. The third-order valence-electron chi connectivity index (χ3n) is 6.35. The molecule has 1 aromatic rings. The van der Waals surface area contributed by atoms with Gasteiger partial charge in [0.05, 0.1) is 0 Å². The van der Waals surface area contributed by atoms with Crippen LogP contribution in [0.4, 0.5) is 22.0 Å². The van der Waals surface area contributed by atoms with Gasteiger partial charge in [0.15, 0.2) is 4.75 Å². The molecule has 0 aliphatic carbocycles. The van der Waals surface area contributed by atoms with E-state index in [1.54, 1.807) is 19.9 Å². The summed E-state index contributed by atoms with van der Waals surface area (Å²) >= 11 is 0. The zero-order valence-corrected chi connectivity index (χ0v) is 19.1. The number of alkyl halides is 5. The summed E-state index contributed by atoms with van der Waals surface area (Å²) in [6.45, 7) is 3.35. The molecule has 33 heavy (non-hydrogen) atoms. The number of halogens is 5. The van der Waals surface area contributed by atoms with Crippen LogP contribution in [-0.2, 0) is 21.2 Å². The third kappa shape index (κ3) is 5.46. The molecule has 1 saturated heterocycles. The van der Waals surface area contributed by atoms with E-state index in [0.29, 0.717) is 18.5 Å². The van der Waals surface area contributed by atoms with Gasteiger partial charge in [-0.05, 0) is 43.7 Å². The summed E-state index contributed by atoms with van der Waals surface area (Å²) in [5.41, 5.74) is 2.29. The van der Waals surface area contributed by atoms with Gasteiger partial charge in [0.1, 0.15) is 0 Å². The number of rotatable bonds is 9. The van der Waals surface area contributed by atoms with Crippen LogP contribution in [0.15, 0.2) is 18.3 Å². The van der Waals surface area contributed by atoms with Gasteiger partial charge in [0, 0.05) is 37.3 Å². The molecule has 0 saturated carbocycles. The number of pyridine rings is 1. The van der Waals surface area contributed by atoms with Gasteiger partial charge >= 0.3 is 12.1 Å². The molecule has 0 radical (unpaired) electrons. The third-order valence-corrected chi connectivity index (χ3v) is 9.15. The summed E-state index contributed by atoms with van der Waals surface area (Å²) in [5.74, 6) is -5.89. The van der Waals surface area contributed by atoms with Crippen molar-refractivity contribution >= 4 is 15.9 Å². The molecule has 0 spiro atoms. The summed E-state index contributed by atoms with van der Waals surface area (Å²) in [4.78, 5) is 16.4. The Labute approximate surface area is 189 Å². The van der Waals surface area contributed by atoms with E-state index in [1.807, 2.05) is 0 Å². The first-order valence-corrected chi connectivity index (χ1v) is 12.0. The molecule has 2 heterocycles. The van der Waals surface area contributed by atoms with Gasteiger partial charge in [-0.25, -0.2) is 18.2 Å². The SMILES string of the molecule is CCC(CC)(C(=O)NO)S(=O)(=O)N1CCC(c2ccc(CCC(F)(F)C(F)(F)F)cn2)CC1. The lowest BCUT2D eigenvalue weighted by atomic mass is 9.93. The molecule has 0 bridgehead atoms. The number of sulfonamides is 1. The summed E-state index contributed by atoms with van der Waals surface area (Å²) in [7, 11) is -4.07. The molecule has 1 aromatic heterocycles. The number of aromatic nitrogens is 1. The fraction of sp³-hybridized carbons (Fsp3) is 0.700. The van der Waals surface area contributed by atoms with Crippen molar-refractivity contribution in [2.24, 2.45) is 0 Å². The number of carbonyl (C=O) groups excluding carboxylic acids is 1. The quantitative estimate of drug-likeness (QED) is 0.305. The van der Waals surface area contributed by atoms with E-state index < -0.39 is 45.6 Å². The largest absolute Gasteiger partial charge is 0.453 e. The zero-order chi connectivity index (χ0) is 25.1. The van der Waals surface area contributed by atoms with Crippen molar-refractivity contribution in [3.63, 3.8) is 0 Å². The van der Waals surface area contributed by atoms with E-state index in [2.05, 4.69) is 4.98 Å². The van der Waals surface area contributed by atoms with Crippen molar-refractivity contribution in [2.75, 3.05) is 13.1 Å². The average molecular weight is 502 g/mol. The lowest BCUT2D eigenvalue weighted by Gasteiger charge is -2.38. The van der Waals surface area contributed by atoms with Crippen LogP contribution in [0.1, 0.15) is 63.1 Å². The smallest absolute Gasteiger partial charge is 0.289 e. The molecular weight excluding hydrogens is 473 g/mol. The highest BCUT2D eigenvalue weighted by Crippen LogP contribution is 2.39. The minimum absolute atomic E-state index is 0.0193. The molecule has 0 aromatic carbocycles. The van der Waals surface area contributed by atoms with Crippen LogP contribution >= 0.6 is 0 Å². The molecule has 188 valence electrons. The Kier molecular flexibility index (Phi) is 8.45. The predicted octanol–water partition coefficient (Wildman–Crippen LogP) is 3.79. The summed E-state index contributed by atoms with van der Waals surface area (Å²) < 4.78 is 88.9. The maximum Gasteiger partial charge on any atom is 0.453 e. The van der Waals surface area contributed by atoms with Gasteiger partial charge in [-0.2, -0.15) is 22.0 Å². The summed E-state index contributed by atoms with van der Waals surface area (Å²) in [6.07, 6.45) is -5.45. The number of carbonyl (C=O) groups is 1. The van der Waals surface area contributed by atoms with E-state index in [1.165, 1.54) is 22.0 Å². The molecule has 7 nitrogen and oxygen atoms in total. The van der Waals surface area contributed by atoms with Crippen LogP contribution < -0.4 is 5.48 Å². The standard InChI is InChI=1S/C20H28F5N3O4S/c1-3-18(4-2,17(29)27-30)33(31,32)28-11-8-15(9-12-28)16-6-5-14(13-26-16)7-10-19(21,22)20(23,24)25/h5-6,13,15,30H,3-4,7-12H2,1-2H3,(H,27,29). The zero-order valence-electron chi connectivity index (χ0n) is 18.3. The van der Waals surface area contributed by atoms with Crippen molar-refractivity contribution < 1.29 is 40.4 Å². The highest BCUT2D eigenvalue weighted by Gasteiger charge is 2.56. The Morgan fingerprint density at radius 2 is 1.73 bits per heavy atom. The number of piperidine rings is 1. The summed E-state index contributed by atoms with van der Waals surface area (Å²) in [5, 5.41) is 9.04. The minimum atomic E-state index is -5.60. The van der Waals surface area contributed by atoms with E-state index in [0.717, 1.165) is 0 Å². The van der Waals surface area contributed by atoms with Gasteiger partial charge in [0.25, 0.3) is 5.91 Å². The van der Waals surface area contributed by atoms with Gasteiger partial charge in [-0.3, -0.25) is 15.0 Å². The second-order valence-corrected chi connectivity index (χ2v) is 10.4. The Morgan fingerprint density at radius 1 is 1.15 bits per heavy atom. The lowest BCUT2D eigenvalue weighted by molar-refractivity contribution is -0.284. The van der Waals surface area contributed by atoms with Crippen molar-refractivity contribution in [3.8, 4) is 0 Å². The Morgan fingerprint density at radius 3 is 2.15 bits per heavy atom. The lowest BCUT2D eigenvalue weighted by Crippen LogP contribution is -2.57. The van der Waals surface area contributed by atoms with Crippen LogP contribution in [0.5, 0.6) is 0 Å². The molecular formula is C20H28F5N3O4S. The number of aryl methyl sites for hydroxylation is 1. The maximum atomic E-state index is 13.2. The number of amides is 1. The second kappa shape index (κ2) is 10.2. The van der Waals surface area contributed by atoms with Gasteiger partial charge in [0.2, 0.25) is 10.0 Å². The summed E-state index contributed by atoms with van der Waals surface area (Å²) in [6, 6.07) is 3.00. The average Bonchev–Trinajstić information content (AvgIpc) is 2.78. The molecule has 1 amide bonds. The number of nitrogens with one attached hydrogen (secondary N) is 1. The van der Waals surface area contributed by atoms with Crippen molar-refractivity contribution in [1.29, 1.82) is 0 Å². The van der Waals surface area contributed by atoms with E-state index in [4.69, 9.17) is 5.21 Å².